The van der Waals surface area contributed by atoms with Crippen LogP contribution >= 0.6 is 12.6 Å². The van der Waals surface area contributed by atoms with Gasteiger partial charge in [0.15, 0.2) is 0 Å². The molecule has 0 aromatic carbocycles. The molecule has 0 spiro atoms. The highest BCUT2D eigenvalue weighted by Crippen LogP contribution is 1.94. The van der Waals surface area contributed by atoms with Crippen LogP contribution in [0, 0.1) is 0 Å². The quantitative estimate of drug-likeness (QED) is 0.550. The topological polar surface area (TPSA) is 20.3 Å². The summed E-state index contributed by atoms with van der Waals surface area (Å²) in [6.07, 6.45) is 0. The molecule has 0 fully saturated rings. The molecular formula is C5H11NOS. The van der Waals surface area contributed by atoms with Crippen molar-refractivity contribution >= 4 is 17.7 Å². The molecule has 0 N–H and O–H groups in total. The first-order valence-corrected chi connectivity index (χ1v) is 2.89. The number of hydrogen-bond acceptors (Lipinski definition) is 2. The molecule has 1 atom stereocenters. The Bertz CT molecular complexity index is 92.4. The van der Waals surface area contributed by atoms with E-state index in [9.17, 15) is 4.79 Å². The summed E-state index contributed by atoms with van der Waals surface area (Å²) in [5.74, 6) is 0. The van der Waals surface area contributed by atoms with E-state index < -0.39 is 0 Å². The average molecular weight is 133 g/mol. The highest BCUT2D eigenvalue weighted by Gasteiger charge is 2.08. The van der Waals surface area contributed by atoms with Crippen molar-refractivity contribution in [2.24, 2.45) is 0 Å². The lowest BCUT2D eigenvalue weighted by atomic mass is 10.3. The minimum Gasteiger partial charge on any atom is -0.299 e. The van der Waals surface area contributed by atoms with Crippen LogP contribution in [0.1, 0.15) is 6.92 Å². The smallest absolute Gasteiger partial charge is 0.202 e. The van der Waals surface area contributed by atoms with Gasteiger partial charge >= 0.3 is 0 Å². The molecule has 0 aliphatic carbocycles. The average Bonchev–Trinajstić information content (AvgIpc) is 1.64. The molecule has 0 saturated heterocycles. The van der Waals surface area contributed by atoms with Crippen molar-refractivity contribution in [3.63, 3.8) is 0 Å². The Hall–Kier alpha value is -0.0200. The first-order valence-electron chi connectivity index (χ1n) is 2.45. The van der Waals surface area contributed by atoms with Gasteiger partial charge in [-0.1, -0.05) is 0 Å². The van der Waals surface area contributed by atoms with E-state index in [0.717, 1.165) is 0 Å². The third-order valence-corrected chi connectivity index (χ3v) is 1.51. The van der Waals surface area contributed by atoms with Crippen molar-refractivity contribution in [1.82, 2.24) is 4.90 Å². The van der Waals surface area contributed by atoms with Gasteiger partial charge < -0.3 is 0 Å². The fourth-order valence-corrected chi connectivity index (χ4v) is 0.452. The lowest BCUT2D eigenvalue weighted by Crippen LogP contribution is -2.29. The van der Waals surface area contributed by atoms with E-state index in [1.54, 1.807) is 0 Å². The number of carbonyl (C=O) groups is 1. The van der Waals surface area contributed by atoms with Crippen LogP contribution in [0.15, 0.2) is 0 Å². The molecule has 0 aromatic heterocycles. The maximum Gasteiger partial charge on any atom is 0.202 e. The second-order valence-electron chi connectivity index (χ2n) is 1.98. The molecule has 2 nitrogen and oxygen atoms in total. The van der Waals surface area contributed by atoms with Gasteiger partial charge in [-0.3, -0.25) is 9.69 Å². The van der Waals surface area contributed by atoms with E-state index in [1.807, 2.05) is 25.9 Å². The molecule has 0 saturated carbocycles. The zero-order valence-electron chi connectivity index (χ0n) is 5.38. The molecule has 0 rings (SSSR count). The van der Waals surface area contributed by atoms with Gasteiger partial charge in [-0.2, -0.15) is 0 Å². The SMILES string of the molecule is CC(C(=O)S)N(C)C. The fraction of sp³-hybridized carbons (Fsp3) is 0.800. The van der Waals surface area contributed by atoms with E-state index in [1.165, 1.54) is 0 Å². The van der Waals surface area contributed by atoms with Gasteiger partial charge in [0.2, 0.25) is 5.12 Å². The second-order valence-corrected chi connectivity index (χ2v) is 2.42. The molecule has 48 valence electrons. The zero-order chi connectivity index (χ0) is 6.73. The van der Waals surface area contributed by atoms with E-state index in [-0.39, 0.29) is 11.2 Å². The molecule has 1 unspecified atom stereocenters. The highest BCUT2D eigenvalue weighted by atomic mass is 32.1. The fourth-order valence-electron chi connectivity index (χ4n) is 0.221. The number of thiol groups is 1. The first kappa shape index (κ1) is 7.98. The van der Waals surface area contributed by atoms with E-state index in [0.29, 0.717) is 0 Å². The van der Waals surface area contributed by atoms with Crippen LogP contribution in [0.25, 0.3) is 0 Å². The lowest BCUT2D eigenvalue weighted by Gasteiger charge is -2.14. The van der Waals surface area contributed by atoms with Crippen LogP contribution < -0.4 is 0 Å². The molecule has 0 aromatic rings. The molecule has 0 aliphatic heterocycles. The predicted molar refractivity (Wildman–Crippen MR) is 37.1 cm³/mol. The van der Waals surface area contributed by atoms with Gasteiger partial charge in [-0.15, -0.1) is 12.6 Å². The Kier molecular flexibility index (Phi) is 3.09. The zero-order valence-corrected chi connectivity index (χ0v) is 6.27. The van der Waals surface area contributed by atoms with Gasteiger partial charge in [-0.05, 0) is 21.0 Å². The van der Waals surface area contributed by atoms with Crippen LogP contribution in [-0.4, -0.2) is 30.2 Å². The van der Waals surface area contributed by atoms with Crippen LogP contribution in [0.5, 0.6) is 0 Å². The van der Waals surface area contributed by atoms with Gasteiger partial charge in [-0.25, -0.2) is 0 Å². The van der Waals surface area contributed by atoms with E-state index in [4.69, 9.17) is 0 Å². The van der Waals surface area contributed by atoms with Crippen molar-refractivity contribution in [3.05, 3.63) is 0 Å². The summed E-state index contributed by atoms with van der Waals surface area (Å²) >= 11 is 3.65. The Balaban J connectivity index is 3.64. The van der Waals surface area contributed by atoms with Crippen molar-refractivity contribution in [2.75, 3.05) is 14.1 Å². The number of carbonyl (C=O) groups excluding carboxylic acids is 1. The largest absolute Gasteiger partial charge is 0.299 e. The Morgan fingerprint density at radius 3 is 2.00 bits per heavy atom. The third kappa shape index (κ3) is 2.33. The minimum absolute atomic E-state index is 0.0710. The highest BCUT2D eigenvalue weighted by molar-refractivity contribution is 7.96. The first-order chi connectivity index (χ1) is 3.55. The lowest BCUT2D eigenvalue weighted by molar-refractivity contribution is -0.114. The van der Waals surface area contributed by atoms with E-state index >= 15 is 0 Å². The molecular weight excluding hydrogens is 122 g/mol. The van der Waals surface area contributed by atoms with Crippen LogP contribution in [0.3, 0.4) is 0 Å². The van der Waals surface area contributed by atoms with Crippen molar-refractivity contribution < 1.29 is 4.79 Å². The third-order valence-electron chi connectivity index (χ3n) is 1.13. The summed E-state index contributed by atoms with van der Waals surface area (Å²) in [4.78, 5) is 12.2. The van der Waals surface area contributed by atoms with Gasteiger partial charge in [0.05, 0.1) is 6.04 Å². The summed E-state index contributed by atoms with van der Waals surface area (Å²) in [7, 11) is 3.69. The maximum absolute atomic E-state index is 10.4. The maximum atomic E-state index is 10.4. The van der Waals surface area contributed by atoms with E-state index in [2.05, 4.69) is 12.6 Å². The number of likely N-dealkylation sites (N-methyl/N-ethyl adjacent to an activating group) is 1. The Morgan fingerprint density at radius 1 is 1.62 bits per heavy atom. The molecule has 0 amide bonds. The second kappa shape index (κ2) is 3.10. The van der Waals surface area contributed by atoms with Crippen LogP contribution in [0.4, 0.5) is 0 Å². The van der Waals surface area contributed by atoms with Gasteiger partial charge in [0.25, 0.3) is 0 Å². The molecule has 0 heterocycles. The summed E-state index contributed by atoms with van der Waals surface area (Å²) in [5, 5.41) is -0.0880. The van der Waals surface area contributed by atoms with Crippen LogP contribution in [-0.2, 0) is 4.79 Å². The Labute approximate surface area is 55.3 Å². The number of rotatable bonds is 2. The molecule has 8 heavy (non-hydrogen) atoms. The molecule has 0 aliphatic rings. The van der Waals surface area contributed by atoms with Crippen LogP contribution in [0.2, 0.25) is 0 Å². The van der Waals surface area contributed by atoms with Crippen molar-refractivity contribution in [1.29, 1.82) is 0 Å². The predicted octanol–water partition coefficient (Wildman–Crippen LogP) is 0.393. The summed E-state index contributed by atoms with van der Waals surface area (Å²) in [6, 6.07) is -0.0710. The van der Waals surface area contributed by atoms with Crippen molar-refractivity contribution in [3.8, 4) is 0 Å². The summed E-state index contributed by atoms with van der Waals surface area (Å²) in [5.41, 5.74) is 0. The summed E-state index contributed by atoms with van der Waals surface area (Å²) < 4.78 is 0. The molecule has 0 bridgehead atoms. The number of hydrogen-bond donors (Lipinski definition) is 1. The molecule has 3 heteroatoms. The van der Waals surface area contributed by atoms with Gasteiger partial charge in [0, 0.05) is 0 Å². The standard InChI is InChI=1S/C5H11NOS/c1-4(5(7)8)6(2)3/h4H,1-3H3,(H,7,8). The van der Waals surface area contributed by atoms with Crippen molar-refractivity contribution in [2.45, 2.75) is 13.0 Å². The monoisotopic (exact) mass is 133 g/mol. The van der Waals surface area contributed by atoms with Gasteiger partial charge in [0.1, 0.15) is 0 Å². The normalized spacial score (nSPS) is 14.1. The number of nitrogens with zero attached hydrogens (tertiary/aromatic N) is 1. The Morgan fingerprint density at radius 2 is 2.00 bits per heavy atom. The molecule has 0 radical (unpaired) electrons. The summed E-state index contributed by atoms with van der Waals surface area (Å²) in [6.45, 7) is 1.81. The minimum atomic E-state index is -0.0880.